The van der Waals surface area contributed by atoms with Gasteiger partial charge >= 0.3 is 6.09 Å². The van der Waals surface area contributed by atoms with Crippen LogP contribution >= 0.6 is 0 Å². The van der Waals surface area contributed by atoms with Gasteiger partial charge in [-0.05, 0) is 24.1 Å². The first-order valence-corrected chi connectivity index (χ1v) is 9.65. The zero-order chi connectivity index (χ0) is 19.6. The normalized spacial score (nSPS) is 18.4. The number of ether oxygens (including phenoxy) is 1. The Labute approximate surface area is 164 Å². The van der Waals surface area contributed by atoms with Crippen LogP contribution in [0, 0.1) is 0 Å². The Balaban J connectivity index is 1.59. The van der Waals surface area contributed by atoms with Gasteiger partial charge in [-0.25, -0.2) is 4.79 Å². The van der Waals surface area contributed by atoms with E-state index < -0.39 is 11.7 Å². The summed E-state index contributed by atoms with van der Waals surface area (Å²) < 4.78 is 6.38. The highest BCUT2D eigenvalue weighted by Gasteiger charge is 2.43. The van der Waals surface area contributed by atoms with Gasteiger partial charge < -0.3 is 19.6 Å². The third-order valence-corrected chi connectivity index (χ3v) is 5.67. The Morgan fingerprint density at radius 1 is 1.04 bits per heavy atom. The van der Waals surface area contributed by atoms with E-state index in [9.17, 15) is 14.7 Å². The number of hydrogen-bond acceptors (Lipinski definition) is 3. The topological polar surface area (TPSA) is 70.1 Å². The molecule has 146 valence electrons. The summed E-state index contributed by atoms with van der Waals surface area (Å²) >= 11 is 0. The zero-order valence-electron chi connectivity index (χ0n) is 15.7. The fourth-order valence-corrected chi connectivity index (χ4v) is 4.04. The molecule has 0 bridgehead atoms. The summed E-state index contributed by atoms with van der Waals surface area (Å²) in [5.74, 6) is 0.572. The molecule has 1 spiro atoms. The van der Waals surface area contributed by atoms with Gasteiger partial charge in [0.2, 0.25) is 0 Å². The molecule has 4 rings (SSSR count). The van der Waals surface area contributed by atoms with E-state index in [0.29, 0.717) is 50.3 Å². The summed E-state index contributed by atoms with van der Waals surface area (Å²) in [5.41, 5.74) is 1.21. The smallest absolute Gasteiger partial charge is 0.407 e. The van der Waals surface area contributed by atoms with E-state index in [1.807, 2.05) is 41.3 Å². The minimum Gasteiger partial charge on any atom is -0.484 e. The Kier molecular flexibility index (Phi) is 4.94. The molecule has 6 heteroatoms. The molecule has 0 aromatic heterocycles. The average molecular weight is 380 g/mol. The third-order valence-electron chi connectivity index (χ3n) is 5.67. The number of nitrogens with zero attached hydrogens (tertiary/aromatic N) is 2. The van der Waals surface area contributed by atoms with Gasteiger partial charge in [-0.2, -0.15) is 0 Å². The summed E-state index contributed by atoms with van der Waals surface area (Å²) in [4.78, 5) is 27.8. The highest BCUT2D eigenvalue weighted by Crippen LogP contribution is 2.35. The lowest BCUT2D eigenvalue weighted by atomic mass is 9.90. The Hall–Kier alpha value is -3.02. The molecular formula is C22H24N2O4. The van der Waals surface area contributed by atoms with Crippen LogP contribution in [0.15, 0.2) is 54.6 Å². The van der Waals surface area contributed by atoms with Gasteiger partial charge in [-0.15, -0.1) is 0 Å². The minimum atomic E-state index is -0.902. The maximum absolute atomic E-state index is 13.2. The number of para-hydroxylation sites is 1. The van der Waals surface area contributed by atoms with E-state index in [-0.39, 0.29) is 5.91 Å². The lowest BCUT2D eigenvalue weighted by molar-refractivity contribution is -0.0114. The standard InChI is InChI=1S/C22H24N2O4/c25-20-18-8-4-5-9-19(18)28-22(11-14-23(15-12-22)21(26)27)16-24(20)13-10-17-6-2-1-3-7-17/h1-9H,10-16H2,(H,26,27). The zero-order valence-corrected chi connectivity index (χ0v) is 15.7. The van der Waals surface area contributed by atoms with Crippen LogP contribution < -0.4 is 4.74 Å². The molecule has 0 unspecified atom stereocenters. The average Bonchev–Trinajstić information content (AvgIpc) is 2.82. The van der Waals surface area contributed by atoms with E-state index in [1.165, 1.54) is 10.5 Å². The number of carbonyl (C=O) groups excluding carboxylic acids is 1. The molecule has 1 saturated heterocycles. The maximum atomic E-state index is 13.2. The van der Waals surface area contributed by atoms with E-state index in [2.05, 4.69) is 12.1 Å². The lowest BCUT2D eigenvalue weighted by Crippen LogP contribution is -2.55. The molecule has 28 heavy (non-hydrogen) atoms. The van der Waals surface area contributed by atoms with Crippen LogP contribution in [0.1, 0.15) is 28.8 Å². The fraction of sp³-hybridized carbons (Fsp3) is 0.364. The van der Waals surface area contributed by atoms with Gasteiger partial charge in [-0.1, -0.05) is 42.5 Å². The summed E-state index contributed by atoms with van der Waals surface area (Å²) in [7, 11) is 0. The first-order valence-electron chi connectivity index (χ1n) is 9.65. The summed E-state index contributed by atoms with van der Waals surface area (Å²) in [5, 5.41) is 9.26. The van der Waals surface area contributed by atoms with E-state index in [0.717, 1.165) is 6.42 Å². The van der Waals surface area contributed by atoms with Crippen molar-refractivity contribution in [1.82, 2.24) is 9.80 Å². The number of rotatable bonds is 3. The summed E-state index contributed by atoms with van der Waals surface area (Å²) in [6.07, 6.45) is 1.01. The number of likely N-dealkylation sites (tertiary alicyclic amines) is 1. The Bertz CT molecular complexity index is 860. The number of carbonyl (C=O) groups is 2. The van der Waals surface area contributed by atoms with Crippen molar-refractivity contribution in [1.29, 1.82) is 0 Å². The number of hydrogen-bond donors (Lipinski definition) is 1. The van der Waals surface area contributed by atoms with Crippen molar-refractivity contribution in [3.8, 4) is 5.75 Å². The molecule has 2 amide bonds. The Morgan fingerprint density at radius 3 is 2.43 bits per heavy atom. The highest BCUT2D eigenvalue weighted by atomic mass is 16.5. The van der Waals surface area contributed by atoms with E-state index >= 15 is 0 Å². The SMILES string of the molecule is O=C(O)N1CCC2(CC1)CN(CCc1ccccc1)C(=O)c1ccccc1O2. The molecular weight excluding hydrogens is 356 g/mol. The van der Waals surface area contributed by atoms with Gasteiger partial charge in [0.1, 0.15) is 11.4 Å². The van der Waals surface area contributed by atoms with Crippen LogP contribution in [-0.2, 0) is 6.42 Å². The van der Waals surface area contributed by atoms with Gasteiger partial charge in [0.05, 0.1) is 12.1 Å². The van der Waals surface area contributed by atoms with Crippen molar-refractivity contribution >= 4 is 12.0 Å². The Morgan fingerprint density at radius 2 is 1.71 bits per heavy atom. The van der Waals surface area contributed by atoms with Crippen molar-refractivity contribution in [2.45, 2.75) is 24.9 Å². The first-order chi connectivity index (χ1) is 13.6. The van der Waals surface area contributed by atoms with Crippen LogP contribution in [0.25, 0.3) is 0 Å². The maximum Gasteiger partial charge on any atom is 0.407 e. The number of piperidine rings is 1. The molecule has 0 radical (unpaired) electrons. The number of benzene rings is 2. The van der Waals surface area contributed by atoms with Gasteiger partial charge in [0.25, 0.3) is 5.91 Å². The van der Waals surface area contributed by atoms with Crippen LogP contribution in [-0.4, -0.2) is 58.7 Å². The van der Waals surface area contributed by atoms with Crippen molar-refractivity contribution < 1.29 is 19.4 Å². The molecule has 0 saturated carbocycles. The number of fused-ring (bicyclic) bond motifs is 1. The van der Waals surface area contributed by atoms with Crippen molar-refractivity contribution in [3.63, 3.8) is 0 Å². The molecule has 6 nitrogen and oxygen atoms in total. The fourth-order valence-electron chi connectivity index (χ4n) is 4.04. The van der Waals surface area contributed by atoms with Crippen molar-refractivity contribution in [2.24, 2.45) is 0 Å². The number of carboxylic acid groups (broad SMARTS) is 1. The third kappa shape index (κ3) is 3.67. The molecule has 2 aliphatic rings. The van der Waals surface area contributed by atoms with Gasteiger partial charge in [0.15, 0.2) is 0 Å². The first kappa shape index (κ1) is 18.3. The van der Waals surface area contributed by atoms with Gasteiger partial charge in [-0.3, -0.25) is 4.79 Å². The molecule has 2 heterocycles. The summed E-state index contributed by atoms with van der Waals surface area (Å²) in [6, 6.07) is 17.5. The monoisotopic (exact) mass is 380 g/mol. The second kappa shape index (κ2) is 7.54. The second-order valence-corrected chi connectivity index (χ2v) is 7.51. The quantitative estimate of drug-likeness (QED) is 0.887. The van der Waals surface area contributed by atoms with E-state index in [1.54, 1.807) is 6.07 Å². The predicted molar refractivity (Wildman–Crippen MR) is 105 cm³/mol. The largest absolute Gasteiger partial charge is 0.484 e. The van der Waals surface area contributed by atoms with Crippen LogP contribution in [0.3, 0.4) is 0 Å². The molecule has 2 aromatic rings. The van der Waals surface area contributed by atoms with Crippen molar-refractivity contribution in [2.75, 3.05) is 26.2 Å². The molecule has 0 atom stereocenters. The molecule has 2 aromatic carbocycles. The van der Waals surface area contributed by atoms with Crippen LogP contribution in [0.5, 0.6) is 5.75 Å². The molecule has 0 aliphatic carbocycles. The van der Waals surface area contributed by atoms with Crippen LogP contribution in [0.4, 0.5) is 4.79 Å². The lowest BCUT2D eigenvalue weighted by Gasteiger charge is -2.42. The highest BCUT2D eigenvalue weighted by molar-refractivity contribution is 5.97. The summed E-state index contributed by atoms with van der Waals surface area (Å²) in [6.45, 7) is 1.90. The molecule has 2 aliphatic heterocycles. The minimum absolute atomic E-state index is 0.0240. The van der Waals surface area contributed by atoms with Gasteiger partial charge in [0, 0.05) is 32.5 Å². The van der Waals surface area contributed by atoms with Crippen LogP contribution in [0.2, 0.25) is 0 Å². The molecule has 1 N–H and O–H groups in total. The van der Waals surface area contributed by atoms with E-state index in [4.69, 9.17) is 4.74 Å². The number of amides is 2. The predicted octanol–water partition coefficient (Wildman–Crippen LogP) is 3.28. The second-order valence-electron chi connectivity index (χ2n) is 7.51. The van der Waals surface area contributed by atoms with Crippen molar-refractivity contribution in [3.05, 3.63) is 65.7 Å². The molecule has 1 fully saturated rings.